The summed E-state index contributed by atoms with van der Waals surface area (Å²) in [5.41, 5.74) is 5.57. The van der Waals surface area contributed by atoms with Crippen LogP contribution in [0.4, 0.5) is 0 Å². The Morgan fingerprint density at radius 1 is 1.21 bits per heavy atom. The van der Waals surface area contributed by atoms with Gasteiger partial charge in [0.15, 0.2) is 0 Å². The van der Waals surface area contributed by atoms with Crippen molar-refractivity contribution in [2.45, 2.75) is 46.5 Å². The molecule has 0 aliphatic rings. The second-order valence-corrected chi connectivity index (χ2v) is 3.84. The van der Waals surface area contributed by atoms with E-state index in [1.165, 1.54) is 17.6 Å². The first-order valence-electron chi connectivity index (χ1n) is 5.30. The number of rotatable bonds is 6. The van der Waals surface area contributed by atoms with Crippen LogP contribution in [0.1, 0.15) is 46.5 Å². The third-order valence-corrected chi connectivity index (χ3v) is 2.05. The summed E-state index contributed by atoms with van der Waals surface area (Å²) >= 11 is 0. The molecule has 0 rings (SSSR count). The third kappa shape index (κ3) is 9.09. The molecule has 0 amide bonds. The molecule has 0 unspecified atom stereocenters. The van der Waals surface area contributed by atoms with Gasteiger partial charge in [-0.3, -0.25) is 0 Å². The lowest BCUT2D eigenvalue weighted by Gasteiger charge is -1.94. The van der Waals surface area contributed by atoms with Crippen molar-refractivity contribution in [3.63, 3.8) is 0 Å². The summed E-state index contributed by atoms with van der Waals surface area (Å²) in [5.74, 6) is 0. The van der Waals surface area contributed by atoms with E-state index in [2.05, 4.69) is 51.3 Å². The second kappa shape index (κ2) is 8.59. The zero-order valence-electron chi connectivity index (χ0n) is 9.77. The average molecular weight is 190 g/mol. The molecule has 0 bridgehead atoms. The zero-order chi connectivity index (χ0) is 10.8. The summed E-state index contributed by atoms with van der Waals surface area (Å²) in [6.45, 7) is 9.97. The summed E-state index contributed by atoms with van der Waals surface area (Å²) in [7, 11) is 0. The van der Waals surface area contributed by atoms with Crippen LogP contribution in [-0.4, -0.2) is 0 Å². The monoisotopic (exact) mass is 190 g/mol. The SMILES string of the molecule is C=C=C(C)CCCC=CCC=C(C)C. The molecule has 0 aromatic rings. The summed E-state index contributed by atoms with van der Waals surface area (Å²) in [6, 6.07) is 0. The molecule has 0 N–H and O–H groups in total. The molecule has 0 aliphatic heterocycles. The van der Waals surface area contributed by atoms with E-state index < -0.39 is 0 Å². The lowest BCUT2D eigenvalue weighted by molar-refractivity contribution is 0.832. The van der Waals surface area contributed by atoms with E-state index in [9.17, 15) is 0 Å². The molecule has 0 atom stereocenters. The molecule has 0 aromatic heterocycles. The molecular weight excluding hydrogens is 168 g/mol. The molecule has 0 heteroatoms. The van der Waals surface area contributed by atoms with Gasteiger partial charge in [-0.1, -0.05) is 30.4 Å². The fraction of sp³-hybridized carbons (Fsp3) is 0.500. The van der Waals surface area contributed by atoms with E-state index in [0.717, 1.165) is 19.3 Å². The van der Waals surface area contributed by atoms with Gasteiger partial charge in [-0.2, -0.15) is 0 Å². The first-order chi connectivity index (χ1) is 6.66. The van der Waals surface area contributed by atoms with E-state index in [0.29, 0.717) is 0 Å². The summed E-state index contributed by atoms with van der Waals surface area (Å²) in [5, 5.41) is 0. The summed E-state index contributed by atoms with van der Waals surface area (Å²) in [6.07, 6.45) is 11.3. The van der Waals surface area contributed by atoms with Crippen LogP contribution >= 0.6 is 0 Å². The molecule has 78 valence electrons. The van der Waals surface area contributed by atoms with E-state index in [-0.39, 0.29) is 0 Å². The number of unbranched alkanes of at least 4 members (excludes halogenated alkanes) is 1. The molecule has 0 radical (unpaired) electrons. The highest BCUT2D eigenvalue weighted by molar-refractivity contribution is 4.99. The number of allylic oxidation sites excluding steroid dienone is 5. The molecular formula is C14H22. The molecule has 0 saturated carbocycles. The minimum absolute atomic E-state index is 1.07. The van der Waals surface area contributed by atoms with Crippen molar-refractivity contribution in [3.8, 4) is 0 Å². The van der Waals surface area contributed by atoms with Gasteiger partial charge in [-0.25, -0.2) is 0 Å². The lowest BCUT2D eigenvalue weighted by atomic mass is 10.1. The van der Waals surface area contributed by atoms with Crippen molar-refractivity contribution in [1.29, 1.82) is 0 Å². The van der Waals surface area contributed by atoms with Crippen molar-refractivity contribution in [3.05, 3.63) is 41.7 Å². The topological polar surface area (TPSA) is 0 Å². The van der Waals surface area contributed by atoms with Crippen LogP contribution < -0.4 is 0 Å². The van der Waals surface area contributed by atoms with E-state index >= 15 is 0 Å². The Bertz CT molecular complexity index is 243. The van der Waals surface area contributed by atoms with Gasteiger partial charge in [0.2, 0.25) is 0 Å². The van der Waals surface area contributed by atoms with Crippen LogP contribution in [0.5, 0.6) is 0 Å². The molecule has 0 nitrogen and oxygen atoms in total. The third-order valence-electron chi connectivity index (χ3n) is 2.05. The molecule has 0 aromatic carbocycles. The van der Waals surface area contributed by atoms with Crippen LogP contribution in [0.3, 0.4) is 0 Å². The standard InChI is InChI=1S/C14H22/c1-5-14(4)12-10-8-6-7-9-11-13(2)3/h6-7,11H,1,8-10,12H2,2-4H3. The van der Waals surface area contributed by atoms with Crippen molar-refractivity contribution in [2.24, 2.45) is 0 Å². The quantitative estimate of drug-likeness (QED) is 0.320. The van der Waals surface area contributed by atoms with Crippen molar-refractivity contribution < 1.29 is 0 Å². The maximum atomic E-state index is 3.62. The fourth-order valence-corrected chi connectivity index (χ4v) is 1.09. The number of hydrogen-bond donors (Lipinski definition) is 0. The van der Waals surface area contributed by atoms with Crippen LogP contribution in [0.2, 0.25) is 0 Å². The lowest BCUT2D eigenvalue weighted by Crippen LogP contribution is -1.75. The average Bonchev–Trinajstić information content (AvgIpc) is 2.15. The van der Waals surface area contributed by atoms with E-state index in [4.69, 9.17) is 0 Å². The highest BCUT2D eigenvalue weighted by Crippen LogP contribution is 2.05. The van der Waals surface area contributed by atoms with Crippen molar-refractivity contribution in [2.75, 3.05) is 0 Å². The molecule has 0 heterocycles. The smallest absolute Gasteiger partial charge is 0.0167 e. The Kier molecular flexibility index (Phi) is 7.98. The van der Waals surface area contributed by atoms with Crippen LogP contribution in [0, 0.1) is 0 Å². The summed E-state index contributed by atoms with van der Waals surface area (Å²) < 4.78 is 0. The minimum atomic E-state index is 1.07. The Morgan fingerprint density at radius 3 is 2.50 bits per heavy atom. The predicted octanol–water partition coefficient (Wildman–Crippen LogP) is 4.80. The molecule has 14 heavy (non-hydrogen) atoms. The van der Waals surface area contributed by atoms with Gasteiger partial charge in [-0.15, -0.1) is 5.73 Å². The van der Waals surface area contributed by atoms with Gasteiger partial charge in [-0.05, 0) is 52.0 Å². The Labute approximate surface area is 88.7 Å². The van der Waals surface area contributed by atoms with Crippen LogP contribution in [0.15, 0.2) is 41.7 Å². The zero-order valence-corrected chi connectivity index (χ0v) is 9.77. The van der Waals surface area contributed by atoms with Gasteiger partial charge < -0.3 is 0 Å². The Balaban J connectivity index is 3.45. The van der Waals surface area contributed by atoms with E-state index in [1.807, 2.05) is 0 Å². The van der Waals surface area contributed by atoms with Gasteiger partial charge in [0.25, 0.3) is 0 Å². The fourth-order valence-electron chi connectivity index (χ4n) is 1.09. The Hall–Kier alpha value is -1.00. The summed E-state index contributed by atoms with van der Waals surface area (Å²) in [4.78, 5) is 0. The van der Waals surface area contributed by atoms with Gasteiger partial charge in [0, 0.05) is 0 Å². The van der Waals surface area contributed by atoms with Crippen molar-refractivity contribution in [1.82, 2.24) is 0 Å². The Morgan fingerprint density at radius 2 is 1.93 bits per heavy atom. The van der Waals surface area contributed by atoms with Crippen molar-refractivity contribution >= 4 is 0 Å². The van der Waals surface area contributed by atoms with Gasteiger partial charge in [0.05, 0.1) is 0 Å². The number of hydrogen-bond acceptors (Lipinski definition) is 0. The highest BCUT2D eigenvalue weighted by Gasteiger charge is 1.86. The second-order valence-electron chi connectivity index (χ2n) is 3.84. The molecule has 0 fully saturated rings. The van der Waals surface area contributed by atoms with E-state index in [1.54, 1.807) is 0 Å². The first kappa shape index (κ1) is 13.0. The van der Waals surface area contributed by atoms with Gasteiger partial charge >= 0.3 is 0 Å². The predicted molar refractivity (Wildman–Crippen MR) is 65.4 cm³/mol. The normalized spacial score (nSPS) is 9.93. The maximum Gasteiger partial charge on any atom is -0.0167 e. The minimum Gasteiger partial charge on any atom is -0.130 e. The molecule has 0 saturated heterocycles. The molecule has 0 aliphatic carbocycles. The van der Waals surface area contributed by atoms with Crippen LogP contribution in [-0.2, 0) is 0 Å². The molecule has 0 spiro atoms. The largest absolute Gasteiger partial charge is 0.130 e. The first-order valence-corrected chi connectivity index (χ1v) is 5.30. The maximum absolute atomic E-state index is 3.62. The highest BCUT2D eigenvalue weighted by atomic mass is 13.9. The van der Waals surface area contributed by atoms with Crippen LogP contribution in [0.25, 0.3) is 0 Å². The van der Waals surface area contributed by atoms with Gasteiger partial charge in [0.1, 0.15) is 0 Å².